The van der Waals surface area contributed by atoms with Crippen LogP contribution in [-0.2, 0) is 23.9 Å². The molecule has 0 aromatic carbocycles. The monoisotopic (exact) mass is 360 g/mol. The van der Waals surface area contributed by atoms with Crippen molar-refractivity contribution in [1.29, 1.82) is 0 Å². The summed E-state index contributed by atoms with van der Waals surface area (Å²) < 4.78 is 11.5. The Morgan fingerprint density at radius 1 is 1.12 bits per heavy atom. The number of fused-ring (bicyclic) bond motifs is 5. The van der Waals surface area contributed by atoms with E-state index in [0.717, 1.165) is 32.1 Å². The normalized spacial score (nSPS) is 54.3. The van der Waals surface area contributed by atoms with Crippen molar-refractivity contribution in [3.05, 3.63) is 0 Å². The number of hydrogen-bond acceptors (Lipinski definition) is 5. The van der Waals surface area contributed by atoms with Gasteiger partial charge in [-0.15, -0.1) is 0 Å². The molecule has 5 aliphatic rings. The molecule has 4 aliphatic carbocycles. The lowest BCUT2D eigenvalue weighted by Gasteiger charge is -2.57. The molecule has 142 valence electrons. The van der Waals surface area contributed by atoms with Gasteiger partial charge in [0.15, 0.2) is 0 Å². The fourth-order valence-corrected chi connectivity index (χ4v) is 7.90. The molecule has 1 saturated heterocycles. The Balaban J connectivity index is 1.55. The molecule has 7 unspecified atom stereocenters. The van der Waals surface area contributed by atoms with Gasteiger partial charge in [-0.3, -0.25) is 14.4 Å². The van der Waals surface area contributed by atoms with E-state index in [4.69, 9.17) is 9.47 Å². The topological polar surface area (TPSA) is 69.7 Å². The summed E-state index contributed by atoms with van der Waals surface area (Å²) in [6.07, 6.45) is 5.76. The SMILES string of the molecule is CC(=O)O[C@H]1CCC2(C)C3CCC4(C)C(=O)CCC4C3C3C(=O)OC32C1. The van der Waals surface area contributed by atoms with Crippen molar-refractivity contribution in [2.75, 3.05) is 0 Å². The summed E-state index contributed by atoms with van der Waals surface area (Å²) in [5, 5.41) is 0. The van der Waals surface area contributed by atoms with Crippen LogP contribution in [0.5, 0.6) is 0 Å². The predicted octanol–water partition coefficient (Wildman–Crippen LogP) is 3.05. The maximum atomic E-state index is 12.6. The van der Waals surface area contributed by atoms with Crippen LogP contribution in [0.25, 0.3) is 0 Å². The van der Waals surface area contributed by atoms with Crippen LogP contribution in [0.15, 0.2) is 0 Å². The second-order valence-corrected chi connectivity index (χ2v) is 9.89. The van der Waals surface area contributed by atoms with Gasteiger partial charge < -0.3 is 9.47 Å². The summed E-state index contributed by atoms with van der Waals surface area (Å²) in [5.74, 6) is 0.908. The van der Waals surface area contributed by atoms with E-state index in [1.54, 1.807) is 0 Å². The van der Waals surface area contributed by atoms with Gasteiger partial charge in [0, 0.05) is 30.6 Å². The minimum atomic E-state index is -0.491. The van der Waals surface area contributed by atoms with Crippen LogP contribution in [0.3, 0.4) is 0 Å². The summed E-state index contributed by atoms with van der Waals surface area (Å²) in [6, 6.07) is 0. The Kier molecular flexibility index (Phi) is 3.16. The highest BCUT2D eigenvalue weighted by Crippen LogP contribution is 2.75. The van der Waals surface area contributed by atoms with Crippen molar-refractivity contribution in [3.8, 4) is 0 Å². The van der Waals surface area contributed by atoms with Crippen molar-refractivity contribution in [2.45, 2.75) is 77.4 Å². The molecule has 5 nitrogen and oxygen atoms in total. The number of carbonyl (C=O) groups excluding carboxylic acids is 3. The highest BCUT2D eigenvalue weighted by atomic mass is 16.6. The number of rotatable bonds is 1. The first-order valence-corrected chi connectivity index (χ1v) is 10.2. The lowest BCUT2D eigenvalue weighted by atomic mass is 9.55. The van der Waals surface area contributed by atoms with E-state index in [2.05, 4.69) is 13.8 Å². The number of carbonyl (C=O) groups is 3. The smallest absolute Gasteiger partial charge is 0.313 e. The highest BCUT2D eigenvalue weighted by Gasteiger charge is 2.80. The molecule has 5 fully saturated rings. The maximum Gasteiger partial charge on any atom is 0.313 e. The molecule has 0 radical (unpaired) electrons. The van der Waals surface area contributed by atoms with Crippen molar-refractivity contribution >= 4 is 17.7 Å². The van der Waals surface area contributed by atoms with Gasteiger partial charge in [0.2, 0.25) is 0 Å². The van der Waals surface area contributed by atoms with Crippen molar-refractivity contribution in [3.63, 3.8) is 0 Å². The Bertz CT molecular complexity index is 715. The molecule has 0 aromatic heterocycles. The fraction of sp³-hybridized carbons (Fsp3) is 0.857. The van der Waals surface area contributed by atoms with Crippen molar-refractivity contribution < 1.29 is 23.9 Å². The molecule has 0 amide bonds. The average Bonchev–Trinajstić information content (AvgIpc) is 2.94. The van der Waals surface area contributed by atoms with Gasteiger partial charge in [-0.2, -0.15) is 0 Å². The zero-order valence-electron chi connectivity index (χ0n) is 15.9. The third-order valence-corrected chi connectivity index (χ3v) is 9.10. The Morgan fingerprint density at radius 3 is 2.58 bits per heavy atom. The summed E-state index contributed by atoms with van der Waals surface area (Å²) in [6.45, 7) is 5.87. The zero-order chi connectivity index (χ0) is 18.5. The molecule has 4 saturated carbocycles. The first-order chi connectivity index (χ1) is 12.2. The van der Waals surface area contributed by atoms with E-state index >= 15 is 0 Å². The molecular formula is C21H28O5. The van der Waals surface area contributed by atoms with Crippen molar-refractivity contribution in [2.24, 2.45) is 34.5 Å². The summed E-state index contributed by atoms with van der Waals surface area (Å²) in [5.41, 5.74) is -0.800. The number of hydrogen-bond donors (Lipinski definition) is 0. The number of ether oxygens (including phenoxy) is 2. The fourth-order valence-electron chi connectivity index (χ4n) is 7.90. The summed E-state index contributed by atoms with van der Waals surface area (Å²) in [4.78, 5) is 36.7. The summed E-state index contributed by atoms with van der Waals surface area (Å²) in [7, 11) is 0. The van der Waals surface area contributed by atoms with Crippen LogP contribution < -0.4 is 0 Å². The molecule has 8 atom stereocenters. The van der Waals surface area contributed by atoms with E-state index in [0.29, 0.717) is 30.5 Å². The first kappa shape index (κ1) is 16.8. The molecule has 0 N–H and O–H groups in total. The van der Waals surface area contributed by atoms with E-state index in [9.17, 15) is 14.4 Å². The van der Waals surface area contributed by atoms with E-state index < -0.39 is 5.60 Å². The predicted molar refractivity (Wildman–Crippen MR) is 91.9 cm³/mol. The number of Topliss-reactive ketones (excluding diaryl/α,β-unsaturated/α-hetero) is 1. The van der Waals surface area contributed by atoms with Crippen LogP contribution in [0.2, 0.25) is 0 Å². The van der Waals surface area contributed by atoms with Gasteiger partial charge in [0.25, 0.3) is 0 Å². The van der Waals surface area contributed by atoms with E-state index in [1.807, 2.05) is 0 Å². The van der Waals surface area contributed by atoms with E-state index in [-0.39, 0.29) is 40.7 Å². The Morgan fingerprint density at radius 2 is 1.88 bits per heavy atom. The van der Waals surface area contributed by atoms with Crippen LogP contribution in [-0.4, -0.2) is 29.4 Å². The van der Waals surface area contributed by atoms with Gasteiger partial charge in [0.1, 0.15) is 23.4 Å². The number of ketones is 1. The largest absolute Gasteiger partial charge is 0.462 e. The summed E-state index contributed by atoms with van der Waals surface area (Å²) >= 11 is 0. The minimum absolute atomic E-state index is 0.0557. The highest BCUT2D eigenvalue weighted by molar-refractivity contribution is 5.88. The Hall–Kier alpha value is -1.39. The minimum Gasteiger partial charge on any atom is -0.462 e. The third-order valence-electron chi connectivity index (χ3n) is 9.10. The molecular weight excluding hydrogens is 332 g/mol. The second-order valence-electron chi connectivity index (χ2n) is 9.89. The van der Waals surface area contributed by atoms with Gasteiger partial charge in [0.05, 0.1) is 0 Å². The lowest BCUT2D eigenvalue weighted by Crippen LogP contribution is -2.66. The third kappa shape index (κ3) is 1.71. The Labute approximate surface area is 154 Å². The molecule has 0 bridgehead atoms. The van der Waals surface area contributed by atoms with Gasteiger partial charge in [-0.25, -0.2) is 0 Å². The quantitative estimate of drug-likeness (QED) is 0.672. The first-order valence-electron chi connectivity index (χ1n) is 10.2. The molecule has 0 aromatic rings. The second kappa shape index (κ2) is 4.90. The number of esters is 2. The van der Waals surface area contributed by atoms with Gasteiger partial charge in [-0.05, 0) is 49.9 Å². The molecule has 5 rings (SSSR count). The molecule has 1 heterocycles. The lowest BCUT2D eigenvalue weighted by molar-refractivity contribution is -0.251. The average molecular weight is 360 g/mol. The van der Waals surface area contributed by atoms with Crippen LogP contribution in [0.4, 0.5) is 0 Å². The van der Waals surface area contributed by atoms with Crippen LogP contribution in [0.1, 0.15) is 65.7 Å². The van der Waals surface area contributed by atoms with E-state index in [1.165, 1.54) is 6.92 Å². The molecule has 26 heavy (non-hydrogen) atoms. The van der Waals surface area contributed by atoms with Gasteiger partial charge in [-0.1, -0.05) is 13.8 Å². The van der Waals surface area contributed by atoms with Crippen molar-refractivity contribution in [1.82, 2.24) is 0 Å². The molecule has 1 spiro atoms. The van der Waals surface area contributed by atoms with Crippen LogP contribution in [0, 0.1) is 34.5 Å². The molecule has 1 aliphatic heterocycles. The van der Waals surface area contributed by atoms with Crippen LogP contribution >= 0.6 is 0 Å². The van der Waals surface area contributed by atoms with Gasteiger partial charge >= 0.3 is 11.9 Å². The standard InChI is InChI=1S/C21H28O5/c1-11(22)25-12-6-9-20(3)14-7-8-19(2)13(4-5-15(19)23)16(14)17-18(24)26-21(17,20)10-12/h12-14,16-17H,4-10H2,1-3H3/t12-,13?,14?,16?,17?,19?,20?,21?/m0/s1. The zero-order valence-corrected chi connectivity index (χ0v) is 15.9. The maximum absolute atomic E-state index is 12.6. The molecule has 5 heteroatoms.